The second kappa shape index (κ2) is 14.8. The van der Waals surface area contributed by atoms with E-state index in [9.17, 15) is 13.5 Å². The molecule has 0 amide bonds. The minimum Gasteiger partial charge on any atom is -0.507 e. The second-order valence-corrected chi connectivity index (χ2v) is 12.6. The molecule has 8 heteroatoms. The number of aryl methyl sites for hydroxylation is 2. The smallest absolute Gasteiger partial charge is 0.357 e. The summed E-state index contributed by atoms with van der Waals surface area (Å²) < 4.78 is 41.6. The highest BCUT2D eigenvalue weighted by Crippen LogP contribution is 2.47. The molecule has 1 N–H and O–H groups in total. The van der Waals surface area contributed by atoms with Crippen molar-refractivity contribution in [2.24, 2.45) is 5.92 Å². The molecule has 0 aromatic heterocycles. The van der Waals surface area contributed by atoms with Crippen LogP contribution >= 0.6 is 12.2 Å². The molecule has 2 aromatic carbocycles. The maximum absolute atomic E-state index is 12.4. The molecule has 0 spiro atoms. The minimum absolute atomic E-state index is 0.0514. The average molecular weight is 587 g/mol. The molecule has 0 unspecified atom stereocenters. The van der Waals surface area contributed by atoms with Crippen LogP contribution in [0.3, 0.4) is 0 Å². The van der Waals surface area contributed by atoms with Crippen LogP contribution < -0.4 is 4.74 Å². The standard InChI is InChI=1S/C32H42O6S2/c1-6-7-8-10-25-20-29(33)31(28-19-24(5)13-16-27(28)22(2)3)30(21-25)38-32(39)36-17-9-18-37-40(34,35)26-14-11-23(4)12-15-26/h11-12,14-15,19-21,27-28,33H,2,6-10,13,16-18H2,1,3-5H3/t27-,28+/m0/s1. The van der Waals surface area contributed by atoms with Crippen molar-refractivity contribution in [3.05, 3.63) is 76.9 Å². The molecule has 1 aliphatic rings. The van der Waals surface area contributed by atoms with E-state index >= 15 is 0 Å². The zero-order valence-electron chi connectivity index (χ0n) is 24.1. The van der Waals surface area contributed by atoms with Gasteiger partial charge in [-0.2, -0.15) is 8.42 Å². The van der Waals surface area contributed by atoms with Crippen molar-refractivity contribution in [2.75, 3.05) is 13.2 Å². The molecule has 0 fully saturated rings. The monoisotopic (exact) mass is 586 g/mol. The molecule has 6 nitrogen and oxygen atoms in total. The van der Waals surface area contributed by atoms with E-state index in [1.165, 1.54) is 17.7 Å². The summed E-state index contributed by atoms with van der Waals surface area (Å²) in [5.74, 6) is 0.750. The summed E-state index contributed by atoms with van der Waals surface area (Å²) in [5, 5.41) is 11.1. The van der Waals surface area contributed by atoms with Crippen LogP contribution in [0.15, 0.2) is 65.1 Å². The molecular formula is C32H42O6S2. The van der Waals surface area contributed by atoms with E-state index in [-0.39, 0.29) is 40.9 Å². The summed E-state index contributed by atoms with van der Waals surface area (Å²) in [6.45, 7) is 12.5. The molecule has 0 heterocycles. The lowest BCUT2D eigenvalue weighted by Crippen LogP contribution is -2.20. The van der Waals surface area contributed by atoms with Crippen molar-refractivity contribution >= 4 is 27.6 Å². The Morgan fingerprint density at radius 1 is 1.10 bits per heavy atom. The fourth-order valence-corrected chi connectivity index (χ4v) is 6.11. The highest BCUT2D eigenvalue weighted by atomic mass is 32.2. The first-order valence-electron chi connectivity index (χ1n) is 14.0. The van der Waals surface area contributed by atoms with Gasteiger partial charge < -0.3 is 14.6 Å². The molecule has 0 saturated carbocycles. The highest BCUT2D eigenvalue weighted by Gasteiger charge is 2.31. The summed E-state index contributed by atoms with van der Waals surface area (Å²) in [4.78, 5) is 0.115. The van der Waals surface area contributed by atoms with Crippen LogP contribution in [0.1, 0.15) is 81.9 Å². The fraction of sp³-hybridized carbons (Fsp3) is 0.469. The predicted octanol–water partition coefficient (Wildman–Crippen LogP) is 7.93. The molecule has 218 valence electrons. The van der Waals surface area contributed by atoms with Gasteiger partial charge in [-0.15, -0.1) is 0 Å². The predicted molar refractivity (Wildman–Crippen MR) is 163 cm³/mol. The molecule has 0 aliphatic heterocycles. The third-order valence-electron chi connectivity index (χ3n) is 7.21. The molecule has 2 aromatic rings. The number of allylic oxidation sites excluding steroid dienone is 3. The third-order valence-corrected chi connectivity index (χ3v) is 8.74. The Kier molecular flexibility index (Phi) is 11.8. The zero-order chi connectivity index (χ0) is 29.3. The Hall–Kier alpha value is -2.68. The SMILES string of the molecule is C=C(C)[C@@H]1CCC(C)=C[C@H]1c1c(O)cc(CCCCC)cc1OC(=S)OCCCOS(=O)(=O)c1ccc(C)cc1. The van der Waals surface area contributed by atoms with Crippen LogP contribution in [0.2, 0.25) is 0 Å². The van der Waals surface area contributed by atoms with Gasteiger partial charge in [-0.05, 0) is 82.2 Å². The summed E-state index contributed by atoms with van der Waals surface area (Å²) in [5.41, 5.74) is 4.95. The lowest BCUT2D eigenvalue weighted by molar-refractivity contribution is 0.213. The van der Waals surface area contributed by atoms with Gasteiger partial charge in [0.15, 0.2) is 0 Å². The maximum Gasteiger partial charge on any atom is 0.357 e. The number of rotatable bonds is 13. The lowest BCUT2D eigenvalue weighted by Gasteiger charge is -2.32. The van der Waals surface area contributed by atoms with Crippen molar-refractivity contribution in [3.63, 3.8) is 0 Å². The van der Waals surface area contributed by atoms with Crippen LogP contribution in [0.5, 0.6) is 11.5 Å². The Balaban J connectivity index is 1.69. The maximum atomic E-state index is 12.4. The van der Waals surface area contributed by atoms with Gasteiger partial charge in [0.25, 0.3) is 10.1 Å². The molecular weight excluding hydrogens is 544 g/mol. The van der Waals surface area contributed by atoms with Gasteiger partial charge >= 0.3 is 5.24 Å². The van der Waals surface area contributed by atoms with Crippen molar-refractivity contribution in [1.82, 2.24) is 0 Å². The summed E-state index contributed by atoms with van der Waals surface area (Å²) in [6, 6.07) is 10.3. The molecule has 3 rings (SSSR count). The number of benzene rings is 2. The lowest BCUT2D eigenvalue weighted by atomic mass is 9.73. The summed E-state index contributed by atoms with van der Waals surface area (Å²) >= 11 is 5.39. The van der Waals surface area contributed by atoms with Gasteiger partial charge in [0.05, 0.1) is 18.1 Å². The van der Waals surface area contributed by atoms with E-state index in [0.29, 0.717) is 17.7 Å². The van der Waals surface area contributed by atoms with Gasteiger partial charge in [0, 0.05) is 30.1 Å². The quantitative estimate of drug-likeness (QED) is 0.110. The van der Waals surface area contributed by atoms with E-state index in [2.05, 4.69) is 26.5 Å². The number of aromatic hydroxyl groups is 1. The third kappa shape index (κ3) is 8.91. The number of unbranched alkanes of at least 4 members (excludes halogenated alkanes) is 2. The number of hydrogen-bond acceptors (Lipinski definition) is 7. The largest absolute Gasteiger partial charge is 0.507 e. The minimum atomic E-state index is -3.84. The summed E-state index contributed by atoms with van der Waals surface area (Å²) in [6.07, 6.45) is 8.47. The number of thiocarbonyl (C=S) groups is 1. The Morgan fingerprint density at radius 2 is 1.82 bits per heavy atom. The number of ether oxygens (including phenoxy) is 2. The van der Waals surface area contributed by atoms with E-state index < -0.39 is 10.1 Å². The van der Waals surface area contributed by atoms with Crippen LogP contribution in [0, 0.1) is 12.8 Å². The van der Waals surface area contributed by atoms with E-state index in [1.807, 2.05) is 26.0 Å². The Morgan fingerprint density at radius 3 is 2.50 bits per heavy atom. The first-order chi connectivity index (χ1) is 19.0. The van der Waals surface area contributed by atoms with Crippen molar-refractivity contribution < 1.29 is 27.2 Å². The van der Waals surface area contributed by atoms with E-state index in [1.54, 1.807) is 12.1 Å². The van der Waals surface area contributed by atoms with Crippen molar-refractivity contribution in [1.29, 1.82) is 0 Å². The first-order valence-corrected chi connectivity index (χ1v) is 15.8. The number of phenols is 1. The Bertz CT molecular complexity index is 1310. The molecule has 0 saturated heterocycles. The first kappa shape index (κ1) is 31.8. The van der Waals surface area contributed by atoms with Gasteiger partial charge in [-0.25, -0.2) is 0 Å². The topological polar surface area (TPSA) is 82.1 Å². The Labute approximate surface area is 245 Å². The molecule has 1 aliphatic carbocycles. The second-order valence-electron chi connectivity index (χ2n) is 10.7. The number of phenolic OH excluding ortho intramolecular Hbond substituents is 1. The van der Waals surface area contributed by atoms with Crippen LogP contribution in [-0.2, 0) is 25.5 Å². The van der Waals surface area contributed by atoms with E-state index in [0.717, 1.165) is 55.2 Å². The summed E-state index contributed by atoms with van der Waals surface area (Å²) in [7, 11) is -3.84. The van der Waals surface area contributed by atoms with Crippen LogP contribution in [0.4, 0.5) is 0 Å². The van der Waals surface area contributed by atoms with Crippen LogP contribution in [0.25, 0.3) is 0 Å². The van der Waals surface area contributed by atoms with Crippen molar-refractivity contribution in [2.45, 2.75) is 83.5 Å². The van der Waals surface area contributed by atoms with Gasteiger partial charge in [0.1, 0.15) is 11.5 Å². The fourth-order valence-electron chi connectivity index (χ4n) is 4.99. The highest BCUT2D eigenvalue weighted by molar-refractivity contribution is 7.86. The van der Waals surface area contributed by atoms with Gasteiger partial charge in [-0.3, -0.25) is 4.18 Å². The molecule has 0 radical (unpaired) electrons. The van der Waals surface area contributed by atoms with Gasteiger partial charge in [0.2, 0.25) is 0 Å². The molecule has 40 heavy (non-hydrogen) atoms. The molecule has 2 atom stereocenters. The van der Waals surface area contributed by atoms with E-state index in [4.69, 9.17) is 25.9 Å². The normalized spacial score (nSPS) is 17.2. The van der Waals surface area contributed by atoms with Gasteiger partial charge in [-0.1, -0.05) is 61.3 Å². The molecule has 0 bridgehead atoms. The van der Waals surface area contributed by atoms with Crippen molar-refractivity contribution in [3.8, 4) is 11.5 Å². The van der Waals surface area contributed by atoms with Crippen LogP contribution in [-0.4, -0.2) is 32.0 Å². The zero-order valence-corrected chi connectivity index (χ0v) is 25.7. The number of hydrogen-bond donors (Lipinski definition) is 1. The average Bonchev–Trinajstić information content (AvgIpc) is 2.88.